The Morgan fingerprint density at radius 2 is 2.47 bits per heavy atom. The highest BCUT2D eigenvalue weighted by molar-refractivity contribution is 6.30. The first-order chi connectivity index (χ1) is 7.15. The number of nitrogens with zero attached hydrogens (tertiary/aromatic N) is 1. The largest absolute Gasteiger partial charge is 0.478 e. The summed E-state index contributed by atoms with van der Waals surface area (Å²) < 4.78 is 0. The van der Waals surface area contributed by atoms with Gasteiger partial charge in [-0.3, -0.25) is 0 Å². The minimum Gasteiger partial charge on any atom is -0.478 e. The molecule has 0 aliphatic rings. The van der Waals surface area contributed by atoms with Crippen molar-refractivity contribution in [2.75, 3.05) is 13.6 Å². The number of carbonyl (C=O) groups is 1. The van der Waals surface area contributed by atoms with E-state index in [1.165, 1.54) is 12.3 Å². The molecule has 0 spiro atoms. The van der Waals surface area contributed by atoms with Gasteiger partial charge in [0.1, 0.15) is 5.15 Å². The third-order valence-electron chi connectivity index (χ3n) is 1.57. The summed E-state index contributed by atoms with van der Waals surface area (Å²) in [5, 5.41) is 11.8. The van der Waals surface area contributed by atoms with Crippen molar-refractivity contribution in [2.24, 2.45) is 0 Å². The van der Waals surface area contributed by atoms with E-state index in [1.54, 1.807) is 7.05 Å². The number of halogens is 1. The van der Waals surface area contributed by atoms with Crippen molar-refractivity contribution in [2.45, 2.75) is 0 Å². The lowest BCUT2D eigenvalue weighted by atomic mass is 10.2. The maximum atomic E-state index is 10.7. The van der Waals surface area contributed by atoms with Crippen LogP contribution >= 0.6 is 11.6 Å². The van der Waals surface area contributed by atoms with Crippen LogP contribution in [-0.2, 0) is 0 Å². The first-order valence-electron chi connectivity index (χ1n) is 4.17. The predicted molar refractivity (Wildman–Crippen MR) is 57.0 cm³/mol. The molecule has 5 heteroatoms. The summed E-state index contributed by atoms with van der Waals surface area (Å²) in [7, 11) is 1.77. The summed E-state index contributed by atoms with van der Waals surface area (Å²) in [6.07, 6.45) is 1.20. The van der Waals surface area contributed by atoms with Gasteiger partial charge in [0.15, 0.2) is 0 Å². The van der Waals surface area contributed by atoms with Crippen LogP contribution in [0.3, 0.4) is 0 Å². The van der Waals surface area contributed by atoms with E-state index in [2.05, 4.69) is 22.1 Å². The number of hydrogen-bond donors (Lipinski definition) is 2. The maximum Gasteiger partial charge on any atom is 0.337 e. The summed E-state index contributed by atoms with van der Waals surface area (Å²) in [6, 6.07) is 1.40. The van der Waals surface area contributed by atoms with E-state index >= 15 is 0 Å². The van der Waals surface area contributed by atoms with Crippen molar-refractivity contribution in [1.29, 1.82) is 0 Å². The van der Waals surface area contributed by atoms with Crippen LogP contribution in [0.25, 0.3) is 0 Å². The minimum atomic E-state index is -1.05. The van der Waals surface area contributed by atoms with Crippen molar-refractivity contribution in [1.82, 2.24) is 10.3 Å². The standard InChI is InChI=1S/C10H9ClN2O2/c1-12-4-2-3-7-5-8(10(14)15)6-13-9(7)11/h5-6,12H,4H2,1H3,(H,14,15). The number of aromatic nitrogens is 1. The van der Waals surface area contributed by atoms with Gasteiger partial charge in [-0.25, -0.2) is 9.78 Å². The Labute approximate surface area is 92.3 Å². The van der Waals surface area contributed by atoms with Crippen molar-refractivity contribution >= 4 is 17.6 Å². The van der Waals surface area contributed by atoms with E-state index in [4.69, 9.17) is 16.7 Å². The van der Waals surface area contributed by atoms with Crippen molar-refractivity contribution in [3.63, 3.8) is 0 Å². The summed E-state index contributed by atoms with van der Waals surface area (Å²) in [5.41, 5.74) is 0.500. The summed E-state index contributed by atoms with van der Waals surface area (Å²) in [6.45, 7) is 0.508. The molecule has 1 aromatic heterocycles. The lowest BCUT2D eigenvalue weighted by molar-refractivity contribution is 0.0696. The Morgan fingerprint density at radius 1 is 1.73 bits per heavy atom. The fourth-order valence-electron chi connectivity index (χ4n) is 0.881. The first kappa shape index (κ1) is 11.5. The fourth-order valence-corrected chi connectivity index (χ4v) is 1.03. The molecule has 1 aromatic rings. The molecular formula is C10H9ClN2O2. The van der Waals surface area contributed by atoms with Crippen LogP contribution in [0.2, 0.25) is 5.15 Å². The normalized spacial score (nSPS) is 9.20. The highest BCUT2D eigenvalue weighted by Gasteiger charge is 2.06. The van der Waals surface area contributed by atoms with Gasteiger partial charge in [0.05, 0.1) is 17.7 Å². The Kier molecular flexibility index (Phi) is 4.10. The van der Waals surface area contributed by atoms with Gasteiger partial charge in [-0.1, -0.05) is 23.4 Å². The molecule has 0 saturated heterocycles. The average molecular weight is 225 g/mol. The second-order valence-electron chi connectivity index (χ2n) is 2.70. The molecule has 0 radical (unpaired) electrons. The summed E-state index contributed by atoms with van der Waals surface area (Å²) in [4.78, 5) is 14.4. The molecule has 0 aromatic carbocycles. The number of pyridine rings is 1. The van der Waals surface area contributed by atoms with Gasteiger partial charge >= 0.3 is 5.97 Å². The van der Waals surface area contributed by atoms with E-state index in [0.29, 0.717) is 12.1 Å². The Hall–Kier alpha value is -1.57. The molecule has 1 heterocycles. The first-order valence-corrected chi connectivity index (χ1v) is 4.55. The van der Waals surface area contributed by atoms with Gasteiger partial charge in [0.25, 0.3) is 0 Å². The Morgan fingerprint density at radius 3 is 3.07 bits per heavy atom. The highest BCUT2D eigenvalue weighted by atomic mass is 35.5. The third-order valence-corrected chi connectivity index (χ3v) is 1.88. The van der Waals surface area contributed by atoms with Gasteiger partial charge in [-0.2, -0.15) is 0 Å². The zero-order chi connectivity index (χ0) is 11.3. The van der Waals surface area contributed by atoms with Crippen molar-refractivity contribution < 1.29 is 9.90 Å². The molecule has 4 nitrogen and oxygen atoms in total. The van der Waals surface area contributed by atoms with Gasteiger partial charge in [-0.05, 0) is 13.1 Å². The summed E-state index contributed by atoms with van der Waals surface area (Å²) in [5.74, 6) is 4.47. The number of aromatic carboxylic acids is 1. The number of rotatable bonds is 2. The molecule has 15 heavy (non-hydrogen) atoms. The molecule has 0 unspecified atom stereocenters. The second kappa shape index (κ2) is 5.35. The van der Waals surface area contributed by atoms with Crippen LogP contribution in [0.1, 0.15) is 15.9 Å². The van der Waals surface area contributed by atoms with Crippen LogP contribution < -0.4 is 5.32 Å². The number of hydrogen-bond acceptors (Lipinski definition) is 3. The minimum absolute atomic E-state index is 0.0770. The fraction of sp³-hybridized carbons (Fsp3) is 0.200. The molecular weight excluding hydrogens is 216 g/mol. The van der Waals surface area contributed by atoms with E-state index in [0.717, 1.165) is 0 Å². The lowest BCUT2D eigenvalue weighted by Crippen LogP contribution is -2.04. The number of carboxylic acids is 1. The predicted octanol–water partition coefficient (Wildman–Crippen LogP) is 1.00. The SMILES string of the molecule is CNCC#Cc1cc(C(=O)O)cnc1Cl. The van der Waals surface area contributed by atoms with Gasteiger partial charge in [0, 0.05) is 6.20 Å². The molecule has 0 aliphatic carbocycles. The van der Waals surface area contributed by atoms with Crippen LogP contribution in [0.15, 0.2) is 12.3 Å². The molecule has 0 fully saturated rings. The molecule has 78 valence electrons. The monoisotopic (exact) mass is 224 g/mol. The van der Waals surface area contributed by atoms with Crippen molar-refractivity contribution in [3.05, 3.63) is 28.5 Å². The topological polar surface area (TPSA) is 62.2 Å². The van der Waals surface area contributed by atoms with E-state index in [-0.39, 0.29) is 10.7 Å². The molecule has 0 bridgehead atoms. The van der Waals surface area contributed by atoms with Crippen LogP contribution in [-0.4, -0.2) is 29.7 Å². The summed E-state index contributed by atoms with van der Waals surface area (Å²) >= 11 is 5.75. The number of nitrogens with one attached hydrogen (secondary N) is 1. The van der Waals surface area contributed by atoms with Gasteiger partial charge in [-0.15, -0.1) is 0 Å². The average Bonchev–Trinajstić information content (AvgIpc) is 2.20. The van der Waals surface area contributed by atoms with Crippen LogP contribution in [0.4, 0.5) is 0 Å². The van der Waals surface area contributed by atoms with Gasteiger partial charge in [0.2, 0.25) is 0 Å². The third kappa shape index (κ3) is 3.24. The highest BCUT2D eigenvalue weighted by Crippen LogP contribution is 2.12. The molecule has 0 atom stereocenters. The van der Waals surface area contributed by atoms with E-state index < -0.39 is 5.97 Å². The number of carboxylic acid groups (broad SMARTS) is 1. The van der Waals surface area contributed by atoms with Gasteiger partial charge < -0.3 is 10.4 Å². The van der Waals surface area contributed by atoms with Crippen molar-refractivity contribution in [3.8, 4) is 11.8 Å². The quantitative estimate of drug-likeness (QED) is 0.581. The molecule has 1 rings (SSSR count). The molecule has 0 amide bonds. The van der Waals surface area contributed by atoms with Crippen LogP contribution in [0.5, 0.6) is 0 Å². The van der Waals surface area contributed by atoms with E-state index in [9.17, 15) is 4.79 Å². The molecule has 0 saturated carbocycles. The lowest BCUT2D eigenvalue weighted by Gasteiger charge is -1.97. The molecule has 2 N–H and O–H groups in total. The zero-order valence-corrected chi connectivity index (χ0v) is 8.80. The smallest absolute Gasteiger partial charge is 0.337 e. The molecule has 0 aliphatic heterocycles. The zero-order valence-electron chi connectivity index (χ0n) is 8.04. The van der Waals surface area contributed by atoms with E-state index in [1.807, 2.05) is 0 Å². The Balaban J connectivity index is 3.02. The maximum absolute atomic E-state index is 10.7. The Bertz CT molecular complexity index is 435. The van der Waals surface area contributed by atoms with Crippen LogP contribution in [0, 0.1) is 11.8 Å². The second-order valence-corrected chi connectivity index (χ2v) is 3.06.